The number of aliphatic hydroxyl groups excluding tert-OH is 1. The van der Waals surface area contributed by atoms with Crippen molar-refractivity contribution in [2.45, 2.75) is 45.2 Å². The van der Waals surface area contributed by atoms with Crippen LogP contribution in [0.15, 0.2) is 0 Å². The summed E-state index contributed by atoms with van der Waals surface area (Å²) in [5.74, 6) is -1.04. The van der Waals surface area contributed by atoms with Crippen LogP contribution in [0.4, 0.5) is 0 Å². The number of esters is 2. The average Bonchev–Trinajstić information content (AvgIpc) is 2.16. The van der Waals surface area contributed by atoms with Gasteiger partial charge >= 0.3 is 11.9 Å². The minimum Gasteiger partial charge on any atom is -0.456 e. The van der Waals surface area contributed by atoms with Gasteiger partial charge in [0.2, 0.25) is 0 Å². The summed E-state index contributed by atoms with van der Waals surface area (Å²) in [4.78, 5) is 21.8. The summed E-state index contributed by atoms with van der Waals surface area (Å²) in [5.41, 5.74) is 0. The molecule has 0 bridgehead atoms. The summed E-state index contributed by atoms with van der Waals surface area (Å²) >= 11 is 0. The fourth-order valence-electron chi connectivity index (χ4n) is 1.62. The van der Waals surface area contributed by atoms with E-state index in [9.17, 15) is 14.7 Å². The summed E-state index contributed by atoms with van der Waals surface area (Å²) in [7, 11) is 0. The lowest BCUT2D eigenvalue weighted by Gasteiger charge is -2.37. The van der Waals surface area contributed by atoms with Gasteiger partial charge in [0, 0.05) is 13.8 Å². The minimum atomic E-state index is -0.982. The van der Waals surface area contributed by atoms with Crippen LogP contribution in [0.5, 0.6) is 0 Å². The van der Waals surface area contributed by atoms with Gasteiger partial charge in [0.1, 0.15) is 6.10 Å². The van der Waals surface area contributed by atoms with E-state index >= 15 is 0 Å². The first-order valence-electron chi connectivity index (χ1n) is 5.06. The molecule has 16 heavy (non-hydrogen) atoms. The molecule has 0 aromatic rings. The third kappa shape index (κ3) is 3.18. The second-order valence-electron chi connectivity index (χ2n) is 3.75. The van der Waals surface area contributed by atoms with E-state index in [1.165, 1.54) is 13.8 Å². The Labute approximate surface area is 93.5 Å². The van der Waals surface area contributed by atoms with Gasteiger partial charge in [0.15, 0.2) is 12.2 Å². The molecular formula is C10H16O6. The van der Waals surface area contributed by atoms with Crippen molar-refractivity contribution in [2.24, 2.45) is 0 Å². The molecule has 1 aliphatic rings. The van der Waals surface area contributed by atoms with Gasteiger partial charge in [-0.1, -0.05) is 0 Å². The molecule has 6 nitrogen and oxygen atoms in total. The Bertz CT molecular complexity index is 248. The third-order valence-electron chi connectivity index (χ3n) is 2.30. The Balaban J connectivity index is 2.76. The Hall–Kier alpha value is -1.14. The fourth-order valence-corrected chi connectivity index (χ4v) is 1.62. The maximum absolute atomic E-state index is 10.9. The van der Waals surface area contributed by atoms with Gasteiger partial charge in [-0.3, -0.25) is 9.59 Å². The highest BCUT2D eigenvalue weighted by molar-refractivity contribution is 5.67. The van der Waals surface area contributed by atoms with Crippen LogP contribution in [-0.4, -0.2) is 48.1 Å². The van der Waals surface area contributed by atoms with Gasteiger partial charge in [0.25, 0.3) is 0 Å². The number of carbonyl (C=O) groups excluding carboxylic acids is 2. The molecule has 0 amide bonds. The molecular weight excluding hydrogens is 216 g/mol. The van der Waals surface area contributed by atoms with Crippen LogP contribution in [0.2, 0.25) is 0 Å². The zero-order chi connectivity index (χ0) is 12.3. The summed E-state index contributed by atoms with van der Waals surface area (Å²) in [5, 5.41) is 9.63. The monoisotopic (exact) mass is 232 g/mol. The second kappa shape index (κ2) is 5.27. The molecule has 1 aliphatic heterocycles. The first-order valence-corrected chi connectivity index (χ1v) is 5.06. The van der Waals surface area contributed by atoms with Crippen molar-refractivity contribution in [1.29, 1.82) is 0 Å². The molecule has 0 aromatic carbocycles. The van der Waals surface area contributed by atoms with Crippen LogP contribution in [0, 0.1) is 0 Å². The van der Waals surface area contributed by atoms with Crippen molar-refractivity contribution < 1.29 is 28.9 Å². The lowest BCUT2D eigenvalue weighted by atomic mass is 10.0. The second-order valence-corrected chi connectivity index (χ2v) is 3.75. The van der Waals surface area contributed by atoms with Crippen LogP contribution in [0.3, 0.4) is 0 Å². The fraction of sp³-hybridized carbons (Fsp3) is 0.800. The average molecular weight is 232 g/mol. The molecule has 1 saturated heterocycles. The summed E-state index contributed by atoms with van der Waals surface area (Å²) < 4.78 is 15.1. The normalized spacial score (nSPS) is 34.2. The Morgan fingerprint density at radius 2 is 1.69 bits per heavy atom. The highest BCUT2D eigenvalue weighted by Crippen LogP contribution is 2.21. The summed E-state index contributed by atoms with van der Waals surface area (Å²) in [6.07, 6.45) is -3.05. The van der Waals surface area contributed by atoms with E-state index in [0.29, 0.717) is 0 Å². The SMILES string of the molecule is CC(=O)O[C@@H]1[C@@H](OC(C)=O)[C@@H](O)CO[C@H]1C. The predicted molar refractivity (Wildman–Crippen MR) is 52.5 cm³/mol. The molecule has 4 atom stereocenters. The van der Waals surface area contributed by atoms with Crippen LogP contribution >= 0.6 is 0 Å². The minimum absolute atomic E-state index is 0.0525. The van der Waals surface area contributed by atoms with E-state index in [4.69, 9.17) is 14.2 Å². The molecule has 0 unspecified atom stereocenters. The van der Waals surface area contributed by atoms with Gasteiger partial charge in [0.05, 0.1) is 12.7 Å². The highest BCUT2D eigenvalue weighted by Gasteiger charge is 2.42. The van der Waals surface area contributed by atoms with Crippen LogP contribution in [-0.2, 0) is 23.8 Å². The lowest BCUT2D eigenvalue weighted by molar-refractivity contribution is -0.215. The number of rotatable bonds is 2. The zero-order valence-corrected chi connectivity index (χ0v) is 9.50. The third-order valence-corrected chi connectivity index (χ3v) is 2.30. The quantitative estimate of drug-likeness (QED) is 0.654. The molecule has 0 aliphatic carbocycles. The molecule has 0 aromatic heterocycles. The number of hydrogen-bond donors (Lipinski definition) is 1. The van der Waals surface area contributed by atoms with Crippen molar-refractivity contribution in [3.05, 3.63) is 0 Å². The van der Waals surface area contributed by atoms with Crippen molar-refractivity contribution in [3.63, 3.8) is 0 Å². The molecule has 1 heterocycles. The van der Waals surface area contributed by atoms with E-state index in [0.717, 1.165) is 0 Å². The number of hydrogen-bond acceptors (Lipinski definition) is 6. The van der Waals surface area contributed by atoms with Gasteiger partial charge in [-0.2, -0.15) is 0 Å². The van der Waals surface area contributed by atoms with E-state index in [-0.39, 0.29) is 6.61 Å². The maximum Gasteiger partial charge on any atom is 0.303 e. The van der Waals surface area contributed by atoms with E-state index in [1.54, 1.807) is 6.92 Å². The van der Waals surface area contributed by atoms with Crippen molar-refractivity contribution in [3.8, 4) is 0 Å². The molecule has 0 radical (unpaired) electrons. The van der Waals surface area contributed by atoms with Gasteiger partial charge in [-0.25, -0.2) is 0 Å². The number of aliphatic hydroxyl groups is 1. The van der Waals surface area contributed by atoms with Crippen LogP contribution in [0.25, 0.3) is 0 Å². The largest absolute Gasteiger partial charge is 0.456 e. The van der Waals surface area contributed by atoms with E-state index < -0.39 is 36.4 Å². The summed E-state index contributed by atoms with van der Waals surface area (Å²) in [6.45, 7) is 4.23. The first kappa shape index (κ1) is 12.9. The Morgan fingerprint density at radius 3 is 2.19 bits per heavy atom. The molecule has 0 saturated carbocycles. The summed E-state index contributed by atoms with van der Waals surface area (Å²) in [6, 6.07) is 0. The number of carbonyl (C=O) groups is 2. The smallest absolute Gasteiger partial charge is 0.303 e. The molecule has 1 N–H and O–H groups in total. The molecule has 6 heteroatoms. The first-order chi connectivity index (χ1) is 7.41. The topological polar surface area (TPSA) is 82.1 Å². The molecule has 0 spiro atoms. The number of ether oxygens (including phenoxy) is 3. The molecule has 92 valence electrons. The lowest BCUT2D eigenvalue weighted by Crippen LogP contribution is -2.55. The van der Waals surface area contributed by atoms with Crippen molar-refractivity contribution >= 4 is 11.9 Å². The van der Waals surface area contributed by atoms with Gasteiger partial charge in [-0.05, 0) is 6.92 Å². The van der Waals surface area contributed by atoms with Gasteiger partial charge in [-0.15, -0.1) is 0 Å². The Morgan fingerprint density at radius 1 is 1.19 bits per heavy atom. The standard InChI is InChI=1S/C10H16O6/c1-5-9(15-6(2)11)10(16-7(3)12)8(13)4-14-5/h5,8-10,13H,4H2,1-3H3/t5-,8-,9-,10-/m0/s1. The van der Waals surface area contributed by atoms with E-state index in [2.05, 4.69) is 0 Å². The van der Waals surface area contributed by atoms with Crippen LogP contribution in [0.1, 0.15) is 20.8 Å². The van der Waals surface area contributed by atoms with Gasteiger partial charge < -0.3 is 19.3 Å². The van der Waals surface area contributed by atoms with Crippen LogP contribution < -0.4 is 0 Å². The van der Waals surface area contributed by atoms with Crippen molar-refractivity contribution in [2.75, 3.05) is 6.61 Å². The van der Waals surface area contributed by atoms with E-state index in [1.807, 2.05) is 0 Å². The Kier molecular flexibility index (Phi) is 4.26. The van der Waals surface area contributed by atoms with Crippen molar-refractivity contribution in [1.82, 2.24) is 0 Å². The molecule has 1 rings (SSSR count). The maximum atomic E-state index is 10.9. The highest BCUT2D eigenvalue weighted by atomic mass is 16.6. The molecule has 1 fully saturated rings. The predicted octanol–water partition coefficient (Wildman–Crippen LogP) is -0.371. The zero-order valence-electron chi connectivity index (χ0n) is 9.50.